The van der Waals surface area contributed by atoms with Crippen molar-refractivity contribution in [2.75, 3.05) is 6.54 Å². The van der Waals surface area contributed by atoms with Gasteiger partial charge in [0.15, 0.2) is 5.82 Å². The van der Waals surface area contributed by atoms with E-state index < -0.39 is 0 Å². The number of carbonyl (C=O) groups is 1. The summed E-state index contributed by atoms with van der Waals surface area (Å²) in [4.78, 5) is 35.5. The van der Waals surface area contributed by atoms with Crippen molar-refractivity contribution < 1.29 is 4.79 Å². The lowest BCUT2D eigenvalue weighted by molar-refractivity contribution is -0.120. The first kappa shape index (κ1) is 15.4. The fraction of sp³-hybridized carbons (Fsp3) is 0.412. The minimum absolute atomic E-state index is 0.0533. The molecule has 1 saturated carbocycles. The number of H-pyrrole nitrogens is 1. The van der Waals surface area contributed by atoms with Gasteiger partial charge in [0.1, 0.15) is 5.69 Å². The van der Waals surface area contributed by atoms with Crippen LogP contribution >= 0.6 is 0 Å². The molecule has 1 amide bonds. The largest absolute Gasteiger partial charge is 0.356 e. The number of amides is 1. The van der Waals surface area contributed by atoms with Crippen LogP contribution in [-0.4, -0.2) is 27.4 Å². The molecule has 6 heteroatoms. The van der Waals surface area contributed by atoms with Crippen molar-refractivity contribution >= 4 is 5.91 Å². The van der Waals surface area contributed by atoms with E-state index in [1.54, 1.807) is 25.3 Å². The molecule has 1 aliphatic rings. The van der Waals surface area contributed by atoms with Crippen LogP contribution in [0, 0.1) is 18.8 Å². The Kier molecular flexibility index (Phi) is 4.23. The van der Waals surface area contributed by atoms with Crippen LogP contribution in [0.15, 0.2) is 29.2 Å². The van der Waals surface area contributed by atoms with Gasteiger partial charge in [-0.1, -0.05) is 13.0 Å². The molecule has 3 rings (SSSR count). The normalized spacial score (nSPS) is 19.4. The molecule has 0 spiro atoms. The van der Waals surface area contributed by atoms with Gasteiger partial charge < -0.3 is 10.3 Å². The van der Waals surface area contributed by atoms with Crippen molar-refractivity contribution in [2.24, 2.45) is 11.8 Å². The van der Waals surface area contributed by atoms with Crippen LogP contribution in [0.4, 0.5) is 0 Å². The number of hydrogen-bond acceptors (Lipinski definition) is 4. The van der Waals surface area contributed by atoms with E-state index >= 15 is 0 Å². The summed E-state index contributed by atoms with van der Waals surface area (Å²) in [6.45, 7) is 4.61. The summed E-state index contributed by atoms with van der Waals surface area (Å²) >= 11 is 0. The minimum Gasteiger partial charge on any atom is -0.356 e. The van der Waals surface area contributed by atoms with Gasteiger partial charge in [-0.25, -0.2) is 4.98 Å². The smallest absolute Gasteiger partial charge is 0.255 e. The van der Waals surface area contributed by atoms with E-state index in [1.165, 1.54) is 6.42 Å². The highest BCUT2D eigenvalue weighted by molar-refractivity contribution is 5.78. The Balaban J connectivity index is 1.73. The molecule has 1 fully saturated rings. The summed E-state index contributed by atoms with van der Waals surface area (Å²) in [5, 5.41) is 2.89. The molecule has 2 heterocycles. The minimum atomic E-state index is -0.284. The highest BCUT2D eigenvalue weighted by Gasteiger charge is 2.32. The van der Waals surface area contributed by atoms with Gasteiger partial charge in [0.05, 0.1) is 6.42 Å². The topological polar surface area (TPSA) is 87.7 Å². The van der Waals surface area contributed by atoms with E-state index in [4.69, 9.17) is 0 Å². The molecule has 2 aromatic rings. The van der Waals surface area contributed by atoms with Crippen LogP contribution in [0.5, 0.6) is 0 Å². The molecule has 2 aromatic heterocycles. The van der Waals surface area contributed by atoms with Crippen molar-refractivity contribution in [3.8, 4) is 11.5 Å². The van der Waals surface area contributed by atoms with Gasteiger partial charge in [-0.3, -0.25) is 14.6 Å². The number of hydrogen-bond donors (Lipinski definition) is 2. The molecule has 1 aliphatic carbocycles. The third-order valence-electron chi connectivity index (χ3n) is 4.30. The lowest BCUT2D eigenvalue weighted by Crippen LogP contribution is -2.30. The van der Waals surface area contributed by atoms with E-state index in [0.717, 1.165) is 0 Å². The highest BCUT2D eigenvalue weighted by Crippen LogP contribution is 2.36. The van der Waals surface area contributed by atoms with Crippen LogP contribution in [0.25, 0.3) is 11.5 Å². The Labute approximate surface area is 134 Å². The molecule has 0 unspecified atom stereocenters. The summed E-state index contributed by atoms with van der Waals surface area (Å²) < 4.78 is 0. The summed E-state index contributed by atoms with van der Waals surface area (Å²) in [6.07, 6.45) is 2.86. The molecule has 2 N–H and O–H groups in total. The zero-order chi connectivity index (χ0) is 16.4. The molecule has 0 radical (unpaired) electrons. The SMILES string of the molecule is Cc1nc(-c2ccccn2)[nH]c(=O)c1CC(=O)NC[C@H]1C[C@@H]1C. The Hall–Kier alpha value is -2.50. The fourth-order valence-electron chi connectivity index (χ4n) is 2.59. The zero-order valence-electron chi connectivity index (χ0n) is 13.3. The second-order valence-electron chi connectivity index (χ2n) is 6.15. The predicted molar refractivity (Wildman–Crippen MR) is 86.8 cm³/mol. The maximum absolute atomic E-state index is 12.3. The monoisotopic (exact) mass is 312 g/mol. The number of nitrogens with zero attached hydrogens (tertiary/aromatic N) is 2. The van der Waals surface area contributed by atoms with Gasteiger partial charge in [0, 0.05) is 24.0 Å². The summed E-state index contributed by atoms with van der Waals surface area (Å²) in [5.74, 6) is 1.57. The summed E-state index contributed by atoms with van der Waals surface area (Å²) in [5.41, 5.74) is 1.29. The molecule has 0 saturated heterocycles. The average Bonchev–Trinajstić information content (AvgIpc) is 3.25. The number of rotatable bonds is 5. The second-order valence-corrected chi connectivity index (χ2v) is 6.15. The lowest BCUT2D eigenvalue weighted by atomic mass is 10.1. The van der Waals surface area contributed by atoms with Crippen LogP contribution < -0.4 is 10.9 Å². The van der Waals surface area contributed by atoms with Gasteiger partial charge in [0.25, 0.3) is 5.56 Å². The highest BCUT2D eigenvalue weighted by atomic mass is 16.2. The lowest BCUT2D eigenvalue weighted by Gasteiger charge is -2.08. The second kappa shape index (κ2) is 6.32. The predicted octanol–water partition coefficient (Wildman–Crippen LogP) is 1.46. The fourth-order valence-corrected chi connectivity index (χ4v) is 2.59. The molecule has 0 bridgehead atoms. The maximum Gasteiger partial charge on any atom is 0.255 e. The molecule has 0 aliphatic heterocycles. The van der Waals surface area contributed by atoms with Crippen molar-refractivity contribution in [1.29, 1.82) is 0 Å². The molecular weight excluding hydrogens is 292 g/mol. The van der Waals surface area contributed by atoms with Crippen molar-refractivity contribution in [3.05, 3.63) is 46.0 Å². The number of nitrogens with one attached hydrogen (secondary N) is 2. The van der Waals surface area contributed by atoms with Gasteiger partial charge in [-0.05, 0) is 37.3 Å². The van der Waals surface area contributed by atoms with Gasteiger partial charge in [-0.2, -0.15) is 0 Å². The van der Waals surface area contributed by atoms with Crippen LogP contribution in [0.2, 0.25) is 0 Å². The zero-order valence-corrected chi connectivity index (χ0v) is 13.3. The van der Waals surface area contributed by atoms with Crippen molar-refractivity contribution in [2.45, 2.75) is 26.7 Å². The van der Waals surface area contributed by atoms with Gasteiger partial charge in [0.2, 0.25) is 5.91 Å². The molecule has 6 nitrogen and oxygen atoms in total. The molecule has 23 heavy (non-hydrogen) atoms. The quantitative estimate of drug-likeness (QED) is 0.875. The van der Waals surface area contributed by atoms with Crippen LogP contribution in [0.1, 0.15) is 24.6 Å². The van der Waals surface area contributed by atoms with Gasteiger partial charge in [-0.15, -0.1) is 0 Å². The van der Waals surface area contributed by atoms with E-state index in [2.05, 4.69) is 27.2 Å². The average molecular weight is 312 g/mol. The van der Waals surface area contributed by atoms with E-state index in [9.17, 15) is 9.59 Å². The first-order valence-corrected chi connectivity index (χ1v) is 7.82. The standard InChI is InChI=1S/C17H20N4O2/c1-10-7-12(10)9-19-15(22)8-13-11(2)20-16(21-17(13)23)14-5-3-4-6-18-14/h3-6,10,12H,7-9H2,1-2H3,(H,19,22)(H,20,21,23)/t10-,12+/m0/s1. The Morgan fingerprint density at radius 3 is 2.83 bits per heavy atom. The number of aromatic nitrogens is 3. The van der Waals surface area contributed by atoms with Crippen molar-refractivity contribution in [3.63, 3.8) is 0 Å². The Morgan fingerprint density at radius 1 is 1.43 bits per heavy atom. The Bertz CT molecular complexity index is 770. The third kappa shape index (κ3) is 3.64. The first-order valence-electron chi connectivity index (χ1n) is 7.82. The van der Waals surface area contributed by atoms with E-state index in [0.29, 0.717) is 41.2 Å². The van der Waals surface area contributed by atoms with E-state index in [1.807, 2.05) is 6.07 Å². The molecule has 2 atom stereocenters. The molecule has 120 valence electrons. The van der Waals surface area contributed by atoms with Crippen molar-refractivity contribution in [1.82, 2.24) is 20.3 Å². The molecular formula is C17H20N4O2. The third-order valence-corrected chi connectivity index (χ3v) is 4.30. The first-order chi connectivity index (χ1) is 11.0. The number of aromatic amines is 1. The van der Waals surface area contributed by atoms with Crippen LogP contribution in [-0.2, 0) is 11.2 Å². The summed E-state index contributed by atoms with van der Waals surface area (Å²) in [7, 11) is 0. The van der Waals surface area contributed by atoms with Gasteiger partial charge >= 0.3 is 0 Å². The number of carbonyl (C=O) groups excluding carboxylic acids is 1. The number of aryl methyl sites for hydroxylation is 1. The summed E-state index contributed by atoms with van der Waals surface area (Å²) in [6, 6.07) is 5.41. The van der Waals surface area contributed by atoms with E-state index in [-0.39, 0.29) is 17.9 Å². The molecule has 0 aromatic carbocycles. The Morgan fingerprint density at radius 2 is 2.22 bits per heavy atom. The van der Waals surface area contributed by atoms with Crippen LogP contribution in [0.3, 0.4) is 0 Å². The maximum atomic E-state index is 12.3. The number of pyridine rings is 1.